The monoisotopic (exact) mass is 188 g/mol. The van der Waals surface area contributed by atoms with Gasteiger partial charge in [0, 0.05) is 0 Å². The quantitative estimate of drug-likeness (QED) is 0.709. The molecule has 1 aromatic carbocycles. The van der Waals surface area contributed by atoms with Crippen molar-refractivity contribution in [2.45, 2.75) is 6.61 Å². The van der Waals surface area contributed by atoms with Gasteiger partial charge in [0.1, 0.15) is 5.75 Å². The highest BCUT2D eigenvalue weighted by atomic mass is 19.3. The maximum atomic E-state index is 11.5. The molecule has 0 aliphatic carbocycles. The van der Waals surface area contributed by atoms with Crippen LogP contribution in [0.25, 0.3) is 0 Å². The van der Waals surface area contributed by atoms with E-state index in [4.69, 9.17) is 9.59 Å². The van der Waals surface area contributed by atoms with Crippen LogP contribution in [0.3, 0.4) is 0 Å². The molecule has 0 aliphatic heterocycles. The lowest BCUT2D eigenvalue weighted by atomic mass is 10.3. The molecule has 0 N–H and O–H groups in total. The average Bonchev–Trinajstić information content (AvgIpc) is 2.06. The van der Waals surface area contributed by atoms with E-state index in [2.05, 4.69) is 4.74 Å². The van der Waals surface area contributed by atoms with Crippen LogP contribution in [0.5, 0.6) is 5.75 Å². The molecule has 0 atom stereocenters. The average molecular weight is 188 g/mol. The fraction of sp³-hybridized carbons (Fsp3) is 0.125. The van der Waals surface area contributed by atoms with Gasteiger partial charge in [-0.3, -0.25) is 0 Å². The molecule has 1 rings (SSSR count). The molecule has 0 amide bonds. The molecule has 0 saturated heterocycles. The molecule has 0 aromatic heterocycles. The number of halogens is 2. The molecule has 0 spiro atoms. The normalized spacial score (nSPS) is 8.23. The van der Waals surface area contributed by atoms with E-state index in [-0.39, 0.29) is 11.9 Å². The van der Waals surface area contributed by atoms with Gasteiger partial charge in [0.2, 0.25) is 0 Å². The lowest BCUT2D eigenvalue weighted by Gasteiger charge is -2.01. The molecule has 70 valence electrons. The standard InChI is InChI=1S/C7H6F2O.CO2/c8-7(9)10-6-4-2-1-3-5-6;2-1-3/h1-5,7H;. The zero-order valence-corrected chi connectivity index (χ0v) is 6.44. The molecule has 0 aliphatic rings. The topological polar surface area (TPSA) is 43.4 Å². The van der Waals surface area contributed by atoms with Gasteiger partial charge in [0.25, 0.3) is 0 Å². The van der Waals surface area contributed by atoms with Crippen LogP contribution in [0.2, 0.25) is 0 Å². The fourth-order valence-corrected chi connectivity index (χ4v) is 0.602. The first-order chi connectivity index (χ1) is 6.20. The summed E-state index contributed by atoms with van der Waals surface area (Å²) in [5.74, 6) is 0.192. The lowest BCUT2D eigenvalue weighted by Crippen LogP contribution is -2.00. The van der Waals surface area contributed by atoms with E-state index >= 15 is 0 Å². The molecule has 0 saturated carbocycles. The minimum atomic E-state index is -2.73. The molecule has 0 bridgehead atoms. The van der Waals surface area contributed by atoms with E-state index in [0.29, 0.717) is 0 Å². The van der Waals surface area contributed by atoms with Crippen molar-refractivity contribution in [3.05, 3.63) is 30.3 Å². The van der Waals surface area contributed by atoms with E-state index in [0.717, 1.165) is 0 Å². The molecule has 0 unspecified atom stereocenters. The van der Waals surface area contributed by atoms with Crippen molar-refractivity contribution < 1.29 is 23.1 Å². The number of benzene rings is 1. The predicted molar refractivity (Wildman–Crippen MR) is 38.1 cm³/mol. The molecule has 0 heterocycles. The van der Waals surface area contributed by atoms with Crippen molar-refractivity contribution in [1.82, 2.24) is 0 Å². The van der Waals surface area contributed by atoms with Gasteiger partial charge in [0.15, 0.2) is 0 Å². The maximum Gasteiger partial charge on any atom is 0.387 e. The Bertz CT molecular complexity index is 255. The second kappa shape index (κ2) is 6.94. The minimum absolute atomic E-state index is 0.192. The number of ether oxygens (including phenoxy) is 1. The number of hydrogen-bond acceptors (Lipinski definition) is 3. The van der Waals surface area contributed by atoms with E-state index in [1.54, 1.807) is 18.2 Å². The van der Waals surface area contributed by atoms with Crippen molar-refractivity contribution >= 4 is 6.15 Å². The van der Waals surface area contributed by atoms with Gasteiger partial charge in [0.05, 0.1) is 0 Å². The van der Waals surface area contributed by atoms with Gasteiger partial charge in [-0.05, 0) is 12.1 Å². The number of carbonyl (C=O) groups excluding carboxylic acids is 2. The summed E-state index contributed by atoms with van der Waals surface area (Å²) in [6.07, 6.45) is 0.250. The molecule has 0 radical (unpaired) electrons. The Hall–Kier alpha value is -1.74. The third-order valence-corrected chi connectivity index (χ3v) is 0.968. The predicted octanol–water partition coefficient (Wildman–Crippen LogP) is 1.70. The Labute approximate surface area is 72.9 Å². The minimum Gasteiger partial charge on any atom is -0.435 e. The summed E-state index contributed by atoms with van der Waals surface area (Å²) in [5, 5.41) is 0. The van der Waals surface area contributed by atoms with Crippen LogP contribution < -0.4 is 4.74 Å². The van der Waals surface area contributed by atoms with Crippen molar-refractivity contribution in [2.24, 2.45) is 0 Å². The van der Waals surface area contributed by atoms with Crippen LogP contribution in [-0.2, 0) is 9.59 Å². The summed E-state index contributed by atoms with van der Waals surface area (Å²) in [5.41, 5.74) is 0. The smallest absolute Gasteiger partial charge is 0.387 e. The highest BCUT2D eigenvalue weighted by Gasteiger charge is 2.01. The van der Waals surface area contributed by atoms with Crippen molar-refractivity contribution in [3.8, 4) is 5.75 Å². The van der Waals surface area contributed by atoms with Crippen molar-refractivity contribution in [1.29, 1.82) is 0 Å². The van der Waals surface area contributed by atoms with Gasteiger partial charge in [-0.2, -0.15) is 18.4 Å². The van der Waals surface area contributed by atoms with Gasteiger partial charge < -0.3 is 4.74 Å². The Morgan fingerprint density at radius 2 is 1.62 bits per heavy atom. The zero-order valence-electron chi connectivity index (χ0n) is 6.44. The second-order valence-corrected chi connectivity index (χ2v) is 1.77. The lowest BCUT2D eigenvalue weighted by molar-refractivity contribution is -0.191. The Balaban J connectivity index is 0.000000424. The number of rotatable bonds is 2. The third-order valence-electron chi connectivity index (χ3n) is 0.968. The number of hydrogen-bond donors (Lipinski definition) is 0. The van der Waals surface area contributed by atoms with Gasteiger partial charge in [-0.1, -0.05) is 18.2 Å². The summed E-state index contributed by atoms with van der Waals surface area (Å²) in [6, 6.07) is 7.96. The summed E-state index contributed by atoms with van der Waals surface area (Å²) in [4.78, 5) is 16.2. The van der Waals surface area contributed by atoms with Crippen molar-refractivity contribution in [3.63, 3.8) is 0 Å². The molecule has 1 aromatic rings. The second-order valence-electron chi connectivity index (χ2n) is 1.77. The Kier molecular flexibility index (Phi) is 6.01. The van der Waals surface area contributed by atoms with Crippen LogP contribution in [0.1, 0.15) is 0 Å². The summed E-state index contributed by atoms with van der Waals surface area (Å²) in [7, 11) is 0. The Morgan fingerprint density at radius 3 is 2.00 bits per heavy atom. The highest BCUT2D eigenvalue weighted by Crippen LogP contribution is 2.11. The van der Waals surface area contributed by atoms with Crippen LogP contribution in [0.15, 0.2) is 30.3 Å². The van der Waals surface area contributed by atoms with Crippen LogP contribution >= 0.6 is 0 Å². The Morgan fingerprint density at radius 1 is 1.15 bits per heavy atom. The summed E-state index contributed by atoms with van der Waals surface area (Å²) < 4.78 is 27.1. The molecule has 3 nitrogen and oxygen atoms in total. The number of para-hydroxylation sites is 1. The van der Waals surface area contributed by atoms with E-state index in [9.17, 15) is 8.78 Å². The van der Waals surface area contributed by atoms with Gasteiger partial charge in [-0.15, -0.1) is 0 Å². The zero-order chi connectivity index (χ0) is 10.1. The first-order valence-corrected chi connectivity index (χ1v) is 3.20. The maximum absolute atomic E-state index is 11.5. The van der Waals surface area contributed by atoms with Crippen LogP contribution in [-0.4, -0.2) is 12.8 Å². The highest BCUT2D eigenvalue weighted by molar-refractivity contribution is 5.20. The summed E-state index contributed by atoms with van der Waals surface area (Å²) >= 11 is 0. The van der Waals surface area contributed by atoms with E-state index in [1.807, 2.05) is 0 Å². The van der Waals surface area contributed by atoms with Crippen LogP contribution in [0.4, 0.5) is 8.78 Å². The van der Waals surface area contributed by atoms with Gasteiger partial charge >= 0.3 is 12.8 Å². The van der Waals surface area contributed by atoms with E-state index in [1.165, 1.54) is 12.1 Å². The summed E-state index contributed by atoms with van der Waals surface area (Å²) in [6.45, 7) is -2.73. The molecule has 0 fully saturated rings. The molecular formula is C8H6F2O3. The van der Waals surface area contributed by atoms with E-state index < -0.39 is 6.61 Å². The van der Waals surface area contributed by atoms with Crippen LogP contribution in [0, 0.1) is 0 Å². The third kappa shape index (κ3) is 6.65. The fourth-order valence-electron chi connectivity index (χ4n) is 0.602. The SMILES string of the molecule is FC(F)Oc1ccccc1.O=C=O. The first-order valence-electron chi connectivity index (χ1n) is 3.20. The molecule has 5 heteroatoms. The molecular weight excluding hydrogens is 182 g/mol. The number of alkyl halides is 2. The van der Waals surface area contributed by atoms with Gasteiger partial charge in [-0.25, -0.2) is 0 Å². The van der Waals surface area contributed by atoms with Crippen molar-refractivity contribution in [2.75, 3.05) is 0 Å². The molecule has 13 heavy (non-hydrogen) atoms. The first kappa shape index (κ1) is 11.3. The largest absolute Gasteiger partial charge is 0.435 e.